The second kappa shape index (κ2) is 5.94. The topological polar surface area (TPSA) is 50.9 Å². The van der Waals surface area contributed by atoms with Gasteiger partial charge in [-0.05, 0) is 44.2 Å². The average Bonchev–Trinajstić information content (AvgIpc) is 2.62. The lowest BCUT2D eigenvalue weighted by Gasteiger charge is -2.19. The molecule has 1 unspecified atom stereocenters. The smallest absolute Gasteiger partial charge is 0.0685 e. The van der Waals surface area contributed by atoms with Gasteiger partial charge >= 0.3 is 0 Å². The van der Waals surface area contributed by atoms with Crippen LogP contribution in [0.1, 0.15) is 49.4 Å². The van der Waals surface area contributed by atoms with Gasteiger partial charge in [0.2, 0.25) is 0 Å². The van der Waals surface area contributed by atoms with Crippen molar-refractivity contribution < 1.29 is 0 Å². The summed E-state index contributed by atoms with van der Waals surface area (Å²) >= 11 is 0. The van der Waals surface area contributed by atoms with Crippen LogP contribution >= 0.6 is 0 Å². The first kappa shape index (κ1) is 12.3. The minimum atomic E-state index is 0.126. The highest BCUT2D eigenvalue weighted by Crippen LogP contribution is 2.28. The van der Waals surface area contributed by atoms with Gasteiger partial charge in [-0.15, -0.1) is 0 Å². The number of allylic oxidation sites excluding steroid dienone is 1. The van der Waals surface area contributed by atoms with Gasteiger partial charge in [0.05, 0.1) is 6.04 Å². The summed E-state index contributed by atoms with van der Waals surface area (Å²) in [6, 6.07) is 4.27. The summed E-state index contributed by atoms with van der Waals surface area (Å²) in [5, 5.41) is 0. The summed E-state index contributed by atoms with van der Waals surface area (Å²) in [5.41, 5.74) is 6.54. The molecule has 1 aromatic heterocycles. The van der Waals surface area contributed by atoms with Crippen LogP contribution in [0.2, 0.25) is 0 Å². The number of aryl methyl sites for hydroxylation is 1. The van der Waals surface area contributed by atoms with E-state index in [0.29, 0.717) is 0 Å². The van der Waals surface area contributed by atoms with E-state index in [1.54, 1.807) is 0 Å². The zero-order valence-electron chi connectivity index (χ0n) is 10.4. The van der Waals surface area contributed by atoms with E-state index < -0.39 is 0 Å². The Hall–Kier alpha value is -1.19. The molecule has 0 aromatic carbocycles. The van der Waals surface area contributed by atoms with Crippen molar-refractivity contribution in [2.24, 2.45) is 5.84 Å². The molecule has 2 rings (SSSR count). The van der Waals surface area contributed by atoms with Crippen LogP contribution in [0.25, 0.3) is 0 Å². The Labute approximate surface area is 103 Å². The van der Waals surface area contributed by atoms with E-state index in [1.807, 2.05) is 19.2 Å². The SMILES string of the molecule is Cc1ccc(C(NN)C2=CCCCCC2)cn1. The van der Waals surface area contributed by atoms with E-state index in [9.17, 15) is 0 Å². The minimum absolute atomic E-state index is 0.126. The van der Waals surface area contributed by atoms with Crippen LogP contribution in [-0.4, -0.2) is 4.98 Å². The Kier molecular flexibility index (Phi) is 4.29. The van der Waals surface area contributed by atoms with Crippen LogP contribution in [0.15, 0.2) is 30.0 Å². The van der Waals surface area contributed by atoms with Crippen LogP contribution in [0.4, 0.5) is 0 Å². The van der Waals surface area contributed by atoms with E-state index in [-0.39, 0.29) is 6.04 Å². The third-order valence-electron chi connectivity index (χ3n) is 3.38. The van der Waals surface area contributed by atoms with Crippen molar-refractivity contribution in [3.63, 3.8) is 0 Å². The maximum Gasteiger partial charge on any atom is 0.0685 e. The van der Waals surface area contributed by atoms with Gasteiger partial charge in [0, 0.05) is 11.9 Å². The summed E-state index contributed by atoms with van der Waals surface area (Å²) in [6.45, 7) is 2.00. The number of hydrazine groups is 1. The molecule has 1 aromatic rings. The quantitative estimate of drug-likeness (QED) is 0.478. The molecule has 3 N–H and O–H groups in total. The van der Waals surface area contributed by atoms with Gasteiger partial charge in [0.25, 0.3) is 0 Å². The summed E-state index contributed by atoms with van der Waals surface area (Å²) < 4.78 is 0. The van der Waals surface area contributed by atoms with Crippen molar-refractivity contribution in [3.8, 4) is 0 Å². The molecule has 0 radical (unpaired) electrons. The van der Waals surface area contributed by atoms with Crippen LogP contribution < -0.4 is 11.3 Å². The second-order valence-electron chi connectivity index (χ2n) is 4.71. The maximum absolute atomic E-state index is 5.71. The molecule has 1 atom stereocenters. The number of nitrogens with one attached hydrogen (secondary N) is 1. The number of rotatable bonds is 3. The summed E-state index contributed by atoms with van der Waals surface area (Å²) in [6.07, 6.45) is 10.5. The largest absolute Gasteiger partial charge is 0.271 e. The predicted molar refractivity (Wildman–Crippen MR) is 70.2 cm³/mol. The van der Waals surface area contributed by atoms with Gasteiger partial charge in [0.15, 0.2) is 0 Å². The molecule has 0 amide bonds. The monoisotopic (exact) mass is 231 g/mol. The van der Waals surface area contributed by atoms with Crippen LogP contribution in [0, 0.1) is 6.92 Å². The molecule has 3 heteroatoms. The van der Waals surface area contributed by atoms with Gasteiger partial charge in [-0.3, -0.25) is 10.8 Å². The van der Waals surface area contributed by atoms with Gasteiger partial charge in [-0.2, -0.15) is 0 Å². The lowest BCUT2D eigenvalue weighted by Crippen LogP contribution is -2.29. The van der Waals surface area contributed by atoms with E-state index in [0.717, 1.165) is 17.7 Å². The molecule has 3 nitrogen and oxygen atoms in total. The maximum atomic E-state index is 5.71. The van der Waals surface area contributed by atoms with Crippen LogP contribution in [0.3, 0.4) is 0 Å². The molecule has 1 aliphatic rings. The van der Waals surface area contributed by atoms with Gasteiger partial charge < -0.3 is 0 Å². The van der Waals surface area contributed by atoms with Crippen molar-refractivity contribution in [2.45, 2.75) is 45.1 Å². The van der Waals surface area contributed by atoms with Crippen LogP contribution in [-0.2, 0) is 0 Å². The molecular weight excluding hydrogens is 210 g/mol. The molecule has 0 spiro atoms. The van der Waals surface area contributed by atoms with Crippen molar-refractivity contribution in [1.29, 1.82) is 0 Å². The van der Waals surface area contributed by atoms with E-state index in [2.05, 4.69) is 22.6 Å². The highest BCUT2D eigenvalue weighted by atomic mass is 15.2. The summed E-state index contributed by atoms with van der Waals surface area (Å²) in [4.78, 5) is 4.34. The molecule has 1 heterocycles. The lowest BCUT2D eigenvalue weighted by molar-refractivity contribution is 0.591. The van der Waals surface area contributed by atoms with Gasteiger partial charge in [0.1, 0.15) is 0 Å². The second-order valence-corrected chi connectivity index (χ2v) is 4.71. The lowest BCUT2D eigenvalue weighted by atomic mass is 9.97. The van der Waals surface area contributed by atoms with Gasteiger partial charge in [-0.1, -0.05) is 24.1 Å². The first-order valence-electron chi connectivity index (χ1n) is 6.39. The zero-order valence-corrected chi connectivity index (χ0v) is 10.4. The van der Waals surface area contributed by atoms with E-state index in [1.165, 1.54) is 31.3 Å². The van der Waals surface area contributed by atoms with Gasteiger partial charge in [-0.25, -0.2) is 5.43 Å². The molecule has 92 valence electrons. The number of nitrogens with zero attached hydrogens (tertiary/aromatic N) is 1. The minimum Gasteiger partial charge on any atom is -0.271 e. The number of pyridine rings is 1. The predicted octanol–water partition coefficient (Wildman–Crippen LogP) is 2.78. The van der Waals surface area contributed by atoms with Crippen molar-refractivity contribution >= 4 is 0 Å². The Balaban J connectivity index is 2.20. The Morgan fingerprint density at radius 2 is 2.18 bits per heavy atom. The number of nitrogens with two attached hydrogens (primary N) is 1. The Morgan fingerprint density at radius 1 is 1.29 bits per heavy atom. The number of hydrogen-bond donors (Lipinski definition) is 2. The molecule has 0 bridgehead atoms. The van der Waals surface area contributed by atoms with E-state index >= 15 is 0 Å². The Morgan fingerprint density at radius 3 is 2.88 bits per heavy atom. The van der Waals surface area contributed by atoms with Crippen molar-refractivity contribution in [3.05, 3.63) is 41.2 Å². The summed E-state index contributed by atoms with van der Waals surface area (Å²) in [5.74, 6) is 5.71. The molecule has 0 saturated carbocycles. The highest BCUT2D eigenvalue weighted by molar-refractivity contribution is 5.27. The van der Waals surface area contributed by atoms with Crippen molar-refractivity contribution in [2.75, 3.05) is 0 Å². The molecular formula is C14H21N3. The molecule has 0 aliphatic heterocycles. The van der Waals surface area contributed by atoms with Crippen LogP contribution in [0.5, 0.6) is 0 Å². The van der Waals surface area contributed by atoms with E-state index in [4.69, 9.17) is 5.84 Å². The normalized spacial score (nSPS) is 18.4. The fourth-order valence-corrected chi connectivity index (χ4v) is 2.37. The highest BCUT2D eigenvalue weighted by Gasteiger charge is 2.16. The molecule has 17 heavy (non-hydrogen) atoms. The molecule has 0 fully saturated rings. The standard InChI is InChI=1S/C14H21N3/c1-11-8-9-13(10-16-11)14(17-15)12-6-4-2-3-5-7-12/h6,8-10,14,17H,2-5,7,15H2,1H3. The average molecular weight is 231 g/mol. The third-order valence-corrected chi connectivity index (χ3v) is 3.38. The first-order valence-corrected chi connectivity index (χ1v) is 6.39. The first-order chi connectivity index (χ1) is 8.31. The third kappa shape index (κ3) is 3.14. The Bertz CT molecular complexity index is 381. The molecule has 0 saturated heterocycles. The fraction of sp³-hybridized carbons (Fsp3) is 0.500. The van der Waals surface area contributed by atoms with Crippen molar-refractivity contribution in [1.82, 2.24) is 10.4 Å². The number of aromatic nitrogens is 1. The zero-order chi connectivity index (χ0) is 12.1. The molecule has 1 aliphatic carbocycles. The fourth-order valence-electron chi connectivity index (χ4n) is 2.37. The number of hydrogen-bond acceptors (Lipinski definition) is 3. The summed E-state index contributed by atoms with van der Waals surface area (Å²) in [7, 11) is 0.